The van der Waals surface area contributed by atoms with Crippen LogP contribution in [0.1, 0.15) is 30.7 Å². The number of aromatic nitrogens is 2. The average molecular weight is 303 g/mol. The summed E-state index contributed by atoms with van der Waals surface area (Å²) in [6.45, 7) is 11.6. The molecule has 2 heterocycles. The molecule has 0 saturated carbocycles. The van der Waals surface area contributed by atoms with E-state index in [9.17, 15) is 5.26 Å². The molecule has 1 saturated heterocycles. The lowest BCUT2D eigenvalue weighted by Crippen LogP contribution is -2.47. The van der Waals surface area contributed by atoms with E-state index in [1.54, 1.807) is 0 Å². The molecule has 22 heavy (non-hydrogen) atoms. The fourth-order valence-corrected chi connectivity index (χ4v) is 2.86. The molecule has 6 nitrogen and oxygen atoms in total. The van der Waals surface area contributed by atoms with Gasteiger partial charge >= 0.3 is 0 Å². The maximum absolute atomic E-state index is 9.39. The molecule has 1 fully saturated rings. The highest BCUT2D eigenvalue weighted by atomic mass is 16.5. The highest BCUT2D eigenvalue weighted by Gasteiger charge is 2.22. The SMILES string of the molecule is Cc1nnc(N(C)CCN2C[C@@H](C)O[C@@H](C)C2)c(C#N)c1C. The van der Waals surface area contributed by atoms with Gasteiger partial charge in [0.1, 0.15) is 11.6 Å². The van der Waals surface area contributed by atoms with Gasteiger partial charge in [0, 0.05) is 33.2 Å². The lowest BCUT2D eigenvalue weighted by molar-refractivity contribution is -0.0670. The Morgan fingerprint density at radius 1 is 1.27 bits per heavy atom. The summed E-state index contributed by atoms with van der Waals surface area (Å²) in [5.74, 6) is 0.667. The molecule has 1 aromatic rings. The quantitative estimate of drug-likeness (QED) is 0.840. The zero-order valence-corrected chi connectivity index (χ0v) is 14.1. The molecular weight excluding hydrogens is 278 g/mol. The normalized spacial score (nSPS) is 22.4. The van der Waals surface area contributed by atoms with Crippen LogP contribution in [0.25, 0.3) is 0 Å². The van der Waals surface area contributed by atoms with Crippen LogP contribution in [0, 0.1) is 25.2 Å². The number of rotatable bonds is 4. The summed E-state index contributed by atoms with van der Waals surface area (Å²) >= 11 is 0. The van der Waals surface area contributed by atoms with E-state index in [4.69, 9.17) is 4.74 Å². The van der Waals surface area contributed by atoms with E-state index < -0.39 is 0 Å². The summed E-state index contributed by atoms with van der Waals surface area (Å²) in [4.78, 5) is 4.42. The molecule has 120 valence electrons. The van der Waals surface area contributed by atoms with Gasteiger partial charge in [-0.05, 0) is 33.3 Å². The number of nitrogens with zero attached hydrogens (tertiary/aromatic N) is 5. The van der Waals surface area contributed by atoms with Crippen LogP contribution in [0.2, 0.25) is 0 Å². The molecule has 1 aliphatic rings. The van der Waals surface area contributed by atoms with Crippen LogP contribution in [0.5, 0.6) is 0 Å². The first-order valence-corrected chi connectivity index (χ1v) is 7.75. The minimum absolute atomic E-state index is 0.269. The Morgan fingerprint density at radius 2 is 1.91 bits per heavy atom. The van der Waals surface area contributed by atoms with Crippen LogP contribution >= 0.6 is 0 Å². The van der Waals surface area contributed by atoms with Crippen molar-refractivity contribution in [1.82, 2.24) is 15.1 Å². The third-order valence-corrected chi connectivity index (χ3v) is 4.16. The zero-order valence-electron chi connectivity index (χ0n) is 14.1. The van der Waals surface area contributed by atoms with Crippen LogP contribution < -0.4 is 4.90 Å². The minimum Gasteiger partial charge on any atom is -0.373 e. The number of hydrogen-bond donors (Lipinski definition) is 0. The van der Waals surface area contributed by atoms with E-state index in [2.05, 4.69) is 35.0 Å². The van der Waals surface area contributed by atoms with Crippen LogP contribution in [0.4, 0.5) is 5.82 Å². The Labute approximate surface area is 132 Å². The summed E-state index contributed by atoms with van der Waals surface area (Å²) in [7, 11) is 1.97. The Hall–Kier alpha value is -1.71. The molecule has 0 unspecified atom stereocenters. The van der Waals surface area contributed by atoms with Gasteiger partial charge in [-0.25, -0.2) is 0 Å². The second-order valence-corrected chi connectivity index (χ2v) is 6.16. The van der Waals surface area contributed by atoms with E-state index in [0.717, 1.165) is 37.4 Å². The first-order chi connectivity index (χ1) is 10.4. The van der Waals surface area contributed by atoms with E-state index in [-0.39, 0.29) is 12.2 Å². The molecule has 0 spiro atoms. The second-order valence-electron chi connectivity index (χ2n) is 6.16. The van der Waals surface area contributed by atoms with Crippen molar-refractivity contribution in [1.29, 1.82) is 5.26 Å². The van der Waals surface area contributed by atoms with Crippen LogP contribution in [0.3, 0.4) is 0 Å². The van der Waals surface area contributed by atoms with Gasteiger partial charge in [-0.1, -0.05) is 0 Å². The van der Waals surface area contributed by atoms with Crippen LogP contribution in [-0.4, -0.2) is 60.5 Å². The smallest absolute Gasteiger partial charge is 0.169 e. The van der Waals surface area contributed by atoms with E-state index in [0.29, 0.717) is 11.4 Å². The molecule has 1 aliphatic heterocycles. The summed E-state index contributed by atoms with van der Waals surface area (Å²) < 4.78 is 5.75. The second kappa shape index (κ2) is 7.03. The molecule has 6 heteroatoms. The monoisotopic (exact) mass is 303 g/mol. The van der Waals surface area contributed by atoms with E-state index >= 15 is 0 Å². The van der Waals surface area contributed by atoms with Gasteiger partial charge in [0.05, 0.1) is 17.9 Å². The average Bonchev–Trinajstić information content (AvgIpc) is 2.46. The number of likely N-dealkylation sites (N-methyl/N-ethyl adjacent to an activating group) is 1. The number of anilines is 1. The standard InChI is InChI=1S/C16H25N5O/c1-11-9-21(10-12(2)22-11)7-6-20(5)16-15(8-17)13(3)14(4)18-19-16/h11-12H,6-7,9-10H2,1-5H3/t11-,12+. The van der Waals surface area contributed by atoms with E-state index in [1.807, 2.05) is 25.8 Å². The first-order valence-electron chi connectivity index (χ1n) is 7.75. The molecule has 0 aromatic carbocycles. The molecule has 0 N–H and O–H groups in total. The topological polar surface area (TPSA) is 65.3 Å². The van der Waals surface area contributed by atoms with Gasteiger partial charge in [-0.15, -0.1) is 5.10 Å². The van der Waals surface area contributed by atoms with Crippen molar-refractivity contribution in [3.05, 3.63) is 16.8 Å². The van der Waals surface area contributed by atoms with Crippen LogP contribution in [0.15, 0.2) is 0 Å². The molecule has 1 aromatic heterocycles. The predicted molar refractivity (Wildman–Crippen MR) is 85.9 cm³/mol. The fraction of sp³-hybridized carbons (Fsp3) is 0.688. The Kier molecular flexibility index (Phi) is 5.33. The zero-order chi connectivity index (χ0) is 16.3. The van der Waals surface area contributed by atoms with Gasteiger partial charge in [0.2, 0.25) is 0 Å². The highest BCUT2D eigenvalue weighted by molar-refractivity contribution is 5.57. The molecular formula is C16H25N5O. The minimum atomic E-state index is 0.269. The third-order valence-electron chi connectivity index (χ3n) is 4.16. The van der Waals surface area contributed by atoms with Crippen molar-refractivity contribution < 1.29 is 4.74 Å². The summed E-state index contributed by atoms with van der Waals surface area (Å²) in [6, 6.07) is 2.26. The van der Waals surface area contributed by atoms with Gasteiger partial charge in [0.25, 0.3) is 0 Å². The Morgan fingerprint density at radius 3 is 2.50 bits per heavy atom. The number of morpholine rings is 1. The van der Waals surface area contributed by atoms with E-state index in [1.165, 1.54) is 0 Å². The fourth-order valence-electron chi connectivity index (χ4n) is 2.86. The van der Waals surface area contributed by atoms with Crippen molar-refractivity contribution in [3.8, 4) is 6.07 Å². The van der Waals surface area contributed by atoms with Crippen molar-refractivity contribution in [2.45, 2.75) is 39.9 Å². The lowest BCUT2D eigenvalue weighted by atomic mass is 10.1. The van der Waals surface area contributed by atoms with Gasteiger partial charge in [0.15, 0.2) is 5.82 Å². The maximum atomic E-state index is 9.39. The number of ether oxygens (including phenoxy) is 1. The summed E-state index contributed by atoms with van der Waals surface area (Å²) in [5, 5.41) is 17.8. The Balaban J connectivity index is 2.02. The maximum Gasteiger partial charge on any atom is 0.169 e. The molecule has 2 atom stereocenters. The third kappa shape index (κ3) is 3.73. The molecule has 0 bridgehead atoms. The summed E-state index contributed by atoms with van der Waals surface area (Å²) in [6.07, 6.45) is 0.537. The number of nitriles is 1. The van der Waals surface area contributed by atoms with Crippen molar-refractivity contribution in [2.75, 3.05) is 38.1 Å². The highest BCUT2D eigenvalue weighted by Crippen LogP contribution is 2.20. The van der Waals surface area contributed by atoms with Gasteiger partial charge < -0.3 is 9.64 Å². The number of aryl methyl sites for hydroxylation is 1. The van der Waals surface area contributed by atoms with Crippen LogP contribution in [-0.2, 0) is 4.74 Å². The van der Waals surface area contributed by atoms with Gasteiger partial charge in [-0.2, -0.15) is 10.4 Å². The summed E-state index contributed by atoms with van der Waals surface area (Å²) in [5.41, 5.74) is 2.34. The first kappa shape index (κ1) is 16.7. The predicted octanol–water partition coefficient (Wildman–Crippen LogP) is 1.51. The van der Waals surface area contributed by atoms with Crippen molar-refractivity contribution in [2.24, 2.45) is 0 Å². The molecule has 0 aliphatic carbocycles. The largest absolute Gasteiger partial charge is 0.373 e. The molecule has 2 rings (SSSR count). The van der Waals surface area contributed by atoms with Crippen molar-refractivity contribution in [3.63, 3.8) is 0 Å². The Bertz CT molecular complexity index is 558. The lowest BCUT2D eigenvalue weighted by Gasteiger charge is -2.36. The van der Waals surface area contributed by atoms with Gasteiger partial charge in [-0.3, -0.25) is 4.90 Å². The molecule has 0 radical (unpaired) electrons. The number of hydrogen-bond acceptors (Lipinski definition) is 6. The molecule has 0 amide bonds. The van der Waals surface area contributed by atoms with Crippen molar-refractivity contribution >= 4 is 5.82 Å².